The second-order valence-electron chi connectivity index (χ2n) is 8.24. The van der Waals surface area contributed by atoms with Gasteiger partial charge in [-0.1, -0.05) is 12.1 Å². The number of carbonyl (C=O) groups is 3. The number of anilines is 1. The average Bonchev–Trinajstić information content (AvgIpc) is 3.01. The first-order valence-electron chi connectivity index (χ1n) is 10.5. The quantitative estimate of drug-likeness (QED) is 0.389. The van der Waals surface area contributed by atoms with E-state index in [9.17, 15) is 37.7 Å². The maximum absolute atomic E-state index is 13.1. The number of alkyl halides is 3. The van der Waals surface area contributed by atoms with E-state index in [1.165, 1.54) is 42.2 Å². The highest BCUT2D eigenvalue weighted by molar-refractivity contribution is 6.10. The van der Waals surface area contributed by atoms with Gasteiger partial charge < -0.3 is 15.0 Å². The number of urea groups is 1. The minimum absolute atomic E-state index is 0.102. The average molecular weight is 492 g/mol. The van der Waals surface area contributed by atoms with Crippen molar-refractivity contribution in [1.29, 1.82) is 0 Å². The van der Waals surface area contributed by atoms with Crippen LogP contribution in [0, 0.1) is 10.1 Å². The van der Waals surface area contributed by atoms with Crippen LogP contribution in [0.5, 0.6) is 5.75 Å². The molecule has 2 aromatic carbocycles. The maximum atomic E-state index is 13.1. The van der Waals surface area contributed by atoms with Crippen LogP contribution in [0.2, 0.25) is 0 Å². The van der Waals surface area contributed by atoms with Gasteiger partial charge in [0.1, 0.15) is 17.8 Å². The van der Waals surface area contributed by atoms with Gasteiger partial charge in [-0.3, -0.25) is 24.6 Å². The Balaban J connectivity index is 1.51. The lowest BCUT2D eigenvalue weighted by atomic mass is 9.92. The number of amides is 4. The van der Waals surface area contributed by atoms with E-state index in [-0.39, 0.29) is 11.3 Å². The zero-order valence-corrected chi connectivity index (χ0v) is 18.3. The Morgan fingerprint density at radius 3 is 2.51 bits per heavy atom. The second kappa shape index (κ2) is 8.56. The molecule has 0 saturated carbocycles. The molecular formula is C22H19F3N4O6. The molecule has 0 aromatic heterocycles. The minimum Gasteiger partial charge on any atom is -0.406 e. The van der Waals surface area contributed by atoms with Crippen LogP contribution in [-0.2, 0) is 21.5 Å². The van der Waals surface area contributed by atoms with Gasteiger partial charge in [0, 0.05) is 24.4 Å². The molecule has 4 amide bonds. The molecule has 0 radical (unpaired) electrons. The molecule has 10 nitrogen and oxygen atoms in total. The van der Waals surface area contributed by atoms with Gasteiger partial charge in [-0.2, -0.15) is 0 Å². The van der Waals surface area contributed by atoms with E-state index < -0.39 is 47.0 Å². The summed E-state index contributed by atoms with van der Waals surface area (Å²) in [4.78, 5) is 51.4. The maximum Gasteiger partial charge on any atom is 0.573 e. The van der Waals surface area contributed by atoms with Crippen LogP contribution in [0.1, 0.15) is 24.5 Å². The SMILES string of the molecule is CC1(c2ccc(OC(F)(F)F)cc2)NC(=O)N(CC(=O)N2CCCc3cc([N+](=O)[O-])ccc32)C1=O. The number of halogens is 3. The Bertz CT molecular complexity index is 1220. The summed E-state index contributed by atoms with van der Waals surface area (Å²) in [5.41, 5.74) is -0.413. The molecule has 2 heterocycles. The summed E-state index contributed by atoms with van der Waals surface area (Å²) in [7, 11) is 0. The molecule has 2 aliphatic rings. The molecule has 0 spiro atoms. The molecule has 4 rings (SSSR count). The minimum atomic E-state index is -4.88. The Hall–Kier alpha value is -4.16. The van der Waals surface area contributed by atoms with Crippen molar-refractivity contribution in [3.63, 3.8) is 0 Å². The molecule has 1 N–H and O–H groups in total. The molecule has 35 heavy (non-hydrogen) atoms. The molecule has 1 atom stereocenters. The van der Waals surface area contributed by atoms with Crippen molar-refractivity contribution < 1.29 is 37.2 Å². The van der Waals surface area contributed by atoms with Crippen molar-refractivity contribution in [2.24, 2.45) is 0 Å². The third kappa shape index (κ3) is 4.61. The molecule has 184 valence electrons. The molecule has 1 saturated heterocycles. The number of hydrogen-bond acceptors (Lipinski definition) is 6. The van der Waals surface area contributed by atoms with Gasteiger partial charge in [0.05, 0.1) is 4.92 Å². The first-order valence-corrected chi connectivity index (χ1v) is 10.5. The predicted molar refractivity (Wildman–Crippen MR) is 114 cm³/mol. The number of nitro groups is 1. The van der Waals surface area contributed by atoms with E-state index in [0.29, 0.717) is 30.6 Å². The van der Waals surface area contributed by atoms with E-state index in [1.807, 2.05) is 0 Å². The van der Waals surface area contributed by atoms with Crippen molar-refractivity contribution >= 4 is 29.2 Å². The van der Waals surface area contributed by atoms with Gasteiger partial charge >= 0.3 is 12.4 Å². The fourth-order valence-corrected chi connectivity index (χ4v) is 4.20. The number of hydrogen-bond donors (Lipinski definition) is 1. The van der Waals surface area contributed by atoms with Crippen molar-refractivity contribution in [2.45, 2.75) is 31.7 Å². The van der Waals surface area contributed by atoms with E-state index in [4.69, 9.17) is 0 Å². The highest BCUT2D eigenvalue weighted by Gasteiger charge is 2.50. The number of benzene rings is 2. The van der Waals surface area contributed by atoms with Crippen molar-refractivity contribution in [3.05, 3.63) is 63.7 Å². The third-order valence-electron chi connectivity index (χ3n) is 5.93. The molecule has 1 fully saturated rings. The molecule has 2 aliphatic heterocycles. The van der Waals surface area contributed by atoms with Crippen LogP contribution >= 0.6 is 0 Å². The summed E-state index contributed by atoms with van der Waals surface area (Å²) in [6, 6.07) is 7.79. The molecular weight excluding hydrogens is 473 g/mol. The van der Waals surface area contributed by atoms with E-state index in [0.717, 1.165) is 17.0 Å². The summed E-state index contributed by atoms with van der Waals surface area (Å²) in [6.45, 7) is 1.11. The van der Waals surface area contributed by atoms with Crippen molar-refractivity contribution in [1.82, 2.24) is 10.2 Å². The van der Waals surface area contributed by atoms with Gasteiger partial charge in [-0.25, -0.2) is 4.79 Å². The second-order valence-corrected chi connectivity index (χ2v) is 8.24. The lowest BCUT2D eigenvalue weighted by Gasteiger charge is -2.30. The predicted octanol–water partition coefficient (Wildman–Crippen LogP) is 3.24. The first kappa shape index (κ1) is 24.0. The van der Waals surface area contributed by atoms with Crippen LogP contribution in [0.25, 0.3) is 0 Å². The number of carbonyl (C=O) groups excluding carboxylic acids is 3. The molecule has 1 unspecified atom stereocenters. The summed E-state index contributed by atoms with van der Waals surface area (Å²) < 4.78 is 41.0. The number of non-ortho nitro benzene ring substituents is 1. The molecule has 13 heteroatoms. The topological polar surface area (TPSA) is 122 Å². The van der Waals surface area contributed by atoms with Crippen LogP contribution in [0.4, 0.5) is 29.3 Å². The Kier molecular flexibility index (Phi) is 5.87. The number of nitrogens with one attached hydrogen (secondary N) is 1. The summed E-state index contributed by atoms with van der Waals surface area (Å²) in [6.07, 6.45) is -3.79. The van der Waals surface area contributed by atoms with Crippen molar-refractivity contribution in [2.75, 3.05) is 18.0 Å². The van der Waals surface area contributed by atoms with Crippen LogP contribution in [-0.4, -0.2) is 47.1 Å². The zero-order valence-electron chi connectivity index (χ0n) is 18.3. The van der Waals surface area contributed by atoms with E-state index in [2.05, 4.69) is 10.1 Å². The monoisotopic (exact) mass is 492 g/mol. The number of ether oxygens (including phenoxy) is 1. The number of aryl methyl sites for hydroxylation is 1. The van der Waals surface area contributed by atoms with Crippen LogP contribution in [0.3, 0.4) is 0 Å². The Morgan fingerprint density at radius 1 is 1.20 bits per heavy atom. The van der Waals surface area contributed by atoms with Gasteiger partial charge in [-0.05, 0) is 49.1 Å². The number of rotatable bonds is 5. The standard InChI is InChI=1S/C22H19F3N4O6/c1-21(14-4-7-16(8-5-14)35-22(23,24)25)19(31)28(20(32)26-21)12-18(30)27-10-2-3-13-11-15(29(33)34)6-9-17(13)27/h4-9,11H,2-3,10,12H2,1H3,(H,26,32). The van der Waals surface area contributed by atoms with Gasteiger partial charge in [-0.15, -0.1) is 13.2 Å². The number of imide groups is 1. The van der Waals surface area contributed by atoms with E-state index in [1.54, 1.807) is 0 Å². The zero-order chi connectivity index (χ0) is 25.5. The summed E-state index contributed by atoms with van der Waals surface area (Å²) in [5, 5.41) is 13.5. The summed E-state index contributed by atoms with van der Waals surface area (Å²) >= 11 is 0. The van der Waals surface area contributed by atoms with Gasteiger partial charge in [0.25, 0.3) is 11.6 Å². The Labute approximate surface area is 196 Å². The smallest absolute Gasteiger partial charge is 0.406 e. The number of fused-ring (bicyclic) bond motifs is 1. The molecule has 0 bridgehead atoms. The number of nitro benzene ring substituents is 1. The van der Waals surface area contributed by atoms with Gasteiger partial charge in [0.15, 0.2) is 0 Å². The highest BCUT2D eigenvalue weighted by Crippen LogP contribution is 2.33. The first-order chi connectivity index (χ1) is 16.4. The Morgan fingerprint density at radius 2 is 1.89 bits per heavy atom. The van der Waals surface area contributed by atoms with E-state index >= 15 is 0 Å². The largest absolute Gasteiger partial charge is 0.573 e. The normalized spacial score (nSPS) is 19.9. The molecule has 0 aliphatic carbocycles. The van der Waals surface area contributed by atoms with Crippen molar-refractivity contribution in [3.8, 4) is 5.75 Å². The lowest BCUT2D eigenvalue weighted by molar-refractivity contribution is -0.384. The lowest BCUT2D eigenvalue weighted by Crippen LogP contribution is -2.46. The highest BCUT2D eigenvalue weighted by atomic mass is 19.4. The van der Waals surface area contributed by atoms with Crippen LogP contribution < -0.4 is 15.0 Å². The molecule has 2 aromatic rings. The summed E-state index contributed by atoms with van der Waals surface area (Å²) in [5.74, 6) is -1.79. The van der Waals surface area contributed by atoms with Gasteiger partial charge in [0.2, 0.25) is 5.91 Å². The fourth-order valence-electron chi connectivity index (χ4n) is 4.20. The third-order valence-corrected chi connectivity index (χ3v) is 5.93. The fraction of sp³-hybridized carbons (Fsp3) is 0.318. The number of nitrogens with zero attached hydrogens (tertiary/aromatic N) is 3. The van der Waals surface area contributed by atoms with Crippen LogP contribution in [0.15, 0.2) is 42.5 Å².